The maximum atomic E-state index is 12.7. The molecule has 57 heavy (non-hydrogen) atoms. The van der Waals surface area contributed by atoms with Crippen LogP contribution in [0.3, 0.4) is 0 Å². The van der Waals surface area contributed by atoms with Crippen molar-refractivity contribution in [3.8, 4) is 0 Å². The number of quaternary nitrogens is 1. The molecule has 0 radical (unpaired) electrons. The van der Waals surface area contributed by atoms with E-state index < -0.39 is 18.1 Å². The topological polar surface area (TPSA) is 99.1 Å². The van der Waals surface area contributed by atoms with Crippen molar-refractivity contribution in [2.75, 3.05) is 41.0 Å². The Morgan fingerprint density at radius 3 is 1.46 bits per heavy atom. The lowest BCUT2D eigenvalue weighted by Crippen LogP contribution is -2.50. The summed E-state index contributed by atoms with van der Waals surface area (Å²) in [7, 11) is 5.53. The minimum atomic E-state index is -0.876. The van der Waals surface area contributed by atoms with Crippen LogP contribution in [0.25, 0.3) is 0 Å². The number of esters is 2. The first-order valence-corrected chi connectivity index (χ1v) is 23.2. The van der Waals surface area contributed by atoms with Crippen LogP contribution in [-0.4, -0.2) is 80.6 Å². The van der Waals surface area contributed by atoms with E-state index in [2.05, 4.69) is 62.5 Å². The highest BCUT2D eigenvalue weighted by atomic mass is 16.6. The third-order valence-corrected chi connectivity index (χ3v) is 10.2. The van der Waals surface area contributed by atoms with E-state index in [0.717, 1.165) is 70.6 Å². The zero-order chi connectivity index (χ0) is 42.1. The Bertz CT molecular complexity index is 1070. The second-order valence-corrected chi connectivity index (χ2v) is 16.6. The molecule has 0 aromatic rings. The van der Waals surface area contributed by atoms with Gasteiger partial charge in [0.1, 0.15) is 6.61 Å². The van der Waals surface area contributed by atoms with E-state index in [1.807, 2.05) is 21.1 Å². The molecule has 2 atom stereocenters. The van der Waals surface area contributed by atoms with Gasteiger partial charge in [0.2, 0.25) is 0 Å². The summed E-state index contributed by atoms with van der Waals surface area (Å²) in [6.45, 7) is 4.62. The zero-order valence-corrected chi connectivity index (χ0v) is 37.5. The van der Waals surface area contributed by atoms with Gasteiger partial charge < -0.3 is 23.8 Å². The van der Waals surface area contributed by atoms with Gasteiger partial charge >= 0.3 is 17.9 Å². The summed E-state index contributed by atoms with van der Waals surface area (Å²) >= 11 is 0. The molecule has 330 valence electrons. The Morgan fingerprint density at radius 2 is 0.982 bits per heavy atom. The second kappa shape index (κ2) is 40.1. The van der Waals surface area contributed by atoms with Crippen LogP contribution < -0.4 is 0 Å². The van der Waals surface area contributed by atoms with Gasteiger partial charge in [0.25, 0.3) is 0 Å². The molecule has 0 heterocycles. The Labute approximate surface area is 350 Å². The molecular weight excluding hydrogens is 715 g/mol. The van der Waals surface area contributed by atoms with E-state index in [1.165, 1.54) is 89.9 Å². The van der Waals surface area contributed by atoms with Gasteiger partial charge in [-0.25, -0.2) is 4.79 Å². The molecular formula is C49H88NO7+. The number of unbranched alkanes of at least 4 members (excludes halogenated alkanes) is 19. The smallest absolute Gasteiger partial charge is 0.362 e. The molecule has 8 heteroatoms. The van der Waals surface area contributed by atoms with Crippen LogP contribution in [0.5, 0.6) is 0 Å². The van der Waals surface area contributed by atoms with Crippen molar-refractivity contribution in [1.29, 1.82) is 0 Å². The lowest BCUT2D eigenvalue weighted by atomic mass is 10.1. The maximum absolute atomic E-state index is 12.7. The lowest BCUT2D eigenvalue weighted by molar-refractivity contribution is -0.887. The monoisotopic (exact) mass is 803 g/mol. The average Bonchev–Trinajstić information content (AvgIpc) is 3.17. The number of carbonyl (C=O) groups excluding carboxylic acids is 2. The summed E-state index contributed by atoms with van der Waals surface area (Å²) in [5.74, 6) is -1.47. The van der Waals surface area contributed by atoms with Gasteiger partial charge in [-0.2, -0.15) is 0 Å². The number of nitrogens with zero attached hydrogens (tertiary/aromatic N) is 1. The molecule has 0 bridgehead atoms. The first-order chi connectivity index (χ1) is 27.6. The molecule has 0 saturated heterocycles. The SMILES string of the molecule is CC/C=C/C/C=C/C/C=C/C/C=C/CCCCCCCCCCCC(=O)OCC(COCCC(C(=O)O)[N+](C)(C)C)OC(=O)CCCCCCCCCCCCC. The molecule has 0 fully saturated rings. The van der Waals surface area contributed by atoms with E-state index in [-0.39, 0.29) is 36.2 Å². The van der Waals surface area contributed by atoms with Crippen LogP contribution in [0.2, 0.25) is 0 Å². The predicted octanol–water partition coefficient (Wildman–Crippen LogP) is 12.8. The van der Waals surface area contributed by atoms with Gasteiger partial charge in [0, 0.05) is 19.3 Å². The number of carbonyl (C=O) groups is 3. The summed E-state index contributed by atoms with van der Waals surface area (Å²) in [5.41, 5.74) is 0. The quantitative estimate of drug-likeness (QED) is 0.0284. The Balaban J connectivity index is 4.23. The zero-order valence-electron chi connectivity index (χ0n) is 37.5. The third-order valence-electron chi connectivity index (χ3n) is 10.2. The fraction of sp³-hybridized carbons (Fsp3) is 0.776. The first-order valence-electron chi connectivity index (χ1n) is 23.2. The van der Waals surface area contributed by atoms with Gasteiger partial charge in [0.15, 0.2) is 12.1 Å². The third kappa shape index (κ3) is 38.6. The summed E-state index contributed by atoms with van der Waals surface area (Å²) in [4.78, 5) is 37.0. The van der Waals surface area contributed by atoms with Crippen LogP contribution in [0.4, 0.5) is 0 Å². The predicted molar refractivity (Wildman–Crippen MR) is 238 cm³/mol. The standard InChI is InChI=1S/C49H87NO7/c1-6-8-10-12-14-16-18-19-20-21-22-23-24-25-26-27-28-30-31-33-35-37-39-47(51)56-44-45(43-55-42-41-46(49(53)54)50(3,4)5)57-48(52)40-38-36-34-32-29-17-15-13-11-9-7-2/h8,10,14,16,19-20,22-23,45-46H,6-7,9,11-13,15,17-18,21,24-44H2,1-5H3/p+1/b10-8+,16-14+,20-19+,23-22+. The van der Waals surface area contributed by atoms with E-state index in [1.54, 1.807) is 0 Å². The van der Waals surface area contributed by atoms with Crippen LogP contribution in [0.1, 0.15) is 194 Å². The van der Waals surface area contributed by atoms with Gasteiger partial charge in [0.05, 0.1) is 34.4 Å². The molecule has 0 saturated carbocycles. The highest BCUT2D eigenvalue weighted by Gasteiger charge is 2.31. The first kappa shape index (κ1) is 54.3. The Morgan fingerprint density at radius 1 is 0.544 bits per heavy atom. The number of ether oxygens (including phenoxy) is 3. The van der Waals surface area contributed by atoms with Gasteiger partial charge in [-0.15, -0.1) is 0 Å². The van der Waals surface area contributed by atoms with Crippen molar-refractivity contribution >= 4 is 17.9 Å². The maximum Gasteiger partial charge on any atom is 0.362 e. The van der Waals surface area contributed by atoms with E-state index >= 15 is 0 Å². The minimum Gasteiger partial charge on any atom is -0.477 e. The Hall–Kier alpha value is -2.71. The van der Waals surface area contributed by atoms with Crippen LogP contribution in [0, 0.1) is 0 Å². The highest BCUT2D eigenvalue weighted by molar-refractivity contribution is 5.72. The fourth-order valence-electron chi connectivity index (χ4n) is 6.67. The number of allylic oxidation sites excluding steroid dienone is 8. The summed E-state index contributed by atoms with van der Waals surface area (Å²) in [6.07, 6.45) is 47.2. The molecule has 0 spiro atoms. The fourth-order valence-corrected chi connectivity index (χ4v) is 6.67. The number of hydrogen-bond acceptors (Lipinski definition) is 6. The van der Waals surface area contributed by atoms with Gasteiger partial charge in [-0.05, 0) is 51.4 Å². The van der Waals surface area contributed by atoms with Crippen molar-refractivity contribution < 1.29 is 38.2 Å². The normalized spacial score (nSPS) is 13.4. The van der Waals surface area contributed by atoms with E-state index in [9.17, 15) is 19.5 Å². The Kier molecular flexibility index (Phi) is 38.2. The molecule has 1 N–H and O–H groups in total. The van der Waals surface area contributed by atoms with Crippen LogP contribution >= 0.6 is 0 Å². The molecule has 0 amide bonds. The number of carboxylic acids is 1. The van der Waals surface area contributed by atoms with E-state index in [0.29, 0.717) is 19.3 Å². The molecule has 0 aromatic carbocycles. The lowest BCUT2D eigenvalue weighted by Gasteiger charge is -2.31. The van der Waals surface area contributed by atoms with Gasteiger partial charge in [-0.1, -0.05) is 172 Å². The summed E-state index contributed by atoms with van der Waals surface area (Å²) in [6, 6.07) is -0.614. The number of rotatable bonds is 41. The van der Waals surface area contributed by atoms with Crippen LogP contribution in [0.15, 0.2) is 48.6 Å². The summed E-state index contributed by atoms with van der Waals surface area (Å²) in [5, 5.41) is 9.62. The van der Waals surface area contributed by atoms with Crippen molar-refractivity contribution in [3.05, 3.63) is 48.6 Å². The molecule has 8 nitrogen and oxygen atoms in total. The molecule has 0 aliphatic heterocycles. The molecule has 0 aromatic heterocycles. The van der Waals surface area contributed by atoms with Crippen molar-refractivity contribution in [1.82, 2.24) is 0 Å². The molecule has 0 rings (SSSR count). The molecule has 2 unspecified atom stereocenters. The number of aliphatic carboxylic acids is 1. The number of hydrogen-bond donors (Lipinski definition) is 1. The van der Waals surface area contributed by atoms with Crippen LogP contribution in [-0.2, 0) is 28.6 Å². The average molecular weight is 803 g/mol. The van der Waals surface area contributed by atoms with Gasteiger partial charge in [-0.3, -0.25) is 9.59 Å². The van der Waals surface area contributed by atoms with Crippen molar-refractivity contribution in [2.45, 2.75) is 206 Å². The second-order valence-electron chi connectivity index (χ2n) is 16.6. The van der Waals surface area contributed by atoms with Crippen molar-refractivity contribution in [3.63, 3.8) is 0 Å². The minimum absolute atomic E-state index is 0.0528. The molecule has 0 aliphatic rings. The largest absolute Gasteiger partial charge is 0.477 e. The number of likely N-dealkylation sites (N-methyl/N-ethyl adjacent to an activating group) is 1. The van der Waals surface area contributed by atoms with Crippen molar-refractivity contribution in [2.24, 2.45) is 0 Å². The van der Waals surface area contributed by atoms with E-state index in [4.69, 9.17) is 14.2 Å². The summed E-state index contributed by atoms with van der Waals surface area (Å²) < 4.78 is 17.3. The molecule has 0 aliphatic carbocycles. The highest BCUT2D eigenvalue weighted by Crippen LogP contribution is 2.15. The number of carboxylic acid groups (broad SMARTS) is 1.